The number of hydrogen-bond acceptors (Lipinski definition) is 5. The molecule has 0 unspecified atom stereocenters. The van der Waals surface area contributed by atoms with Crippen molar-refractivity contribution in [2.45, 2.75) is 51.0 Å². The van der Waals surface area contributed by atoms with E-state index in [1.165, 1.54) is 6.92 Å². The third-order valence-electron chi connectivity index (χ3n) is 2.92. The summed E-state index contributed by atoms with van der Waals surface area (Å²) in [4.78, 5) is 24.0. The number of carboxylic acid groups (broad SMARTS) is 1. The summed E-state index contributed by atoms with van der Waals surface area (Å²) in [6.07, 6.45) is -3.73. The van der Waals surface area contributed by atoms with Gasteiger partial charge in [-0.3, -0.25) is 4.90 Å². The number of ether oxygens (including phenoxy) is 1. The maximum absolute atomic E-state index is 11.9. The number of carbonyl (C=O) groups excluding carboxylic acids is 1. The highest BCUT2D eigenvalue weighted by molar-refractivity contribution is 5.86. The molecular formula is C11H19NO6. The van der Waals surface area contributed by atoms with Crippen molar-refractivity contribution >= 4 is 12.1 Å². The number of nitrogens with zero attached hydrogens (tertiary/aromatic N) is 1. The number of amides is 1. The number of aliphatic carboxylic acids is 1. The number of carboxylic acids is 1. The number of aliphatic hydroxyl groups excluding tert-OH is 2. The molecule has 1 aliphatic rings. The van der Waals surface area contributed by atoms with Crippen LogP contribution in [0, 0.1) is 0 Å². The summed E-state index contributed by atoms with van der Waals surface area (Å²) in [5, 5.41) is 28.4. The number of β-amino-alcohol motifs (C(OH)–C–C–N with tert-alkyl or cyclic N) is 1. The average molecular weight is 261 g/mol. The van der Waals surface area contributed by atoms with Gasteiger partial charge in [0.15, 0.2) is 5.54 Å². The molecule has 3 N–H and O–H groups in total. The van der Waals surface area contributed by atoms with Crippen LogP contribution in [0.5, 0.6) is 0 Å². The van der Waals surface area contributed by atoms with Crippen LogP contribution in [0.25, 0.3) is 0 Å². The second-order valence-corrected chi connectivity index (χ2v) is 5.56. The van der Waals surface area contributed by atoms with E-state index in [0.717, 1.165) is 4.90 Å². The van der Waals surface area contributed by atoms with Crippen LogP contribution in [0.3, 0.4) is 0 Å². The highest BCUT2D eigenvalue weighted by Crippen LogP contribution is 2.31. The van der Waals surface area contributed by atoms with E-state index in [4.69, 9.17) is 9.84 Å². The predicted molar refractivity (Wildman–Crippen MR) is 61.0 cm³/mol. The summed E-state index contributed by atoms with van der Waals surface area (Å²) >= 11 is 0. The monoisotopic (exact) mass is 261 g/mol. The molecule has 0 bridgehead atoms. The zero-order valence-corrected chi connectivity index (χ0v) is 10.9. The van der Waals surface area contributed by atoms with Crippen LogP contribution >= 0.6 is 0 Å². The molecule has 0 radical (unpaired) electrons. The topological polar surface area (TPSA) is 107 Å². The number of aliphatic hydroxyl groups is 2. The SMILES string of the molecule is CC(C)(C)OC(=O)N1C[C@@H](O)[C@@H](O)[C@@]1(C)C(=O)O. The third kappa shape index (κ3) is 2.41. The molecule has 7 heteroatoms. The van der Waals surface area contributed by atoms with Gasteiger partial charge < -0.3 is 20.1 Å². The molecule has 1 fully saturated rings. The zero-order valence-electron chi connectivity index (χ0n) is 10.9. The molecule has 18 heavy (non-hydrogen) atoms. The van der Waals surface area contributed by atoms with E-state index in [-0.39, 0.29) is 6.54 Å². The minimum Gasteiger partial charge on any atom is -0.479 e. The molecule has 0 aromatic heterocycles. The van der Waals surface area contributed by atoms with Gasteiger partial charge in [0.1, 0.15) is 17.8 Å². The normalized spacial score (nSPS) is 32.4. The molecule has 7 nitrogen and oxygen atoms in total. The van der Waals surface area contributed by atoms with Gasteiger partial charge >= 0.3 is 12.1 Å². The van der Waals surface area contributed by atoms with Gasteiger partial charge in [-0.05, 0) is 27.7 Å². The lowest BCUT2D eigenvalue weighted by Gasteiger charge is -2.34. The standard InChI is InChI=1S/C11H19NO6/c1-10(2,3)18-9(17)12-5-6(13)7(14)11(12,4)8(15)16/h6-7,13-14H,5H2,1-4H3,(H,15,16)/t6-,7-,11+/m1/s1. The molecule has 0 spiro atoms. The first-order valence-corrected chi connectivity index (χ1v) is 5.60. The van der Waals surface area contributed by atoms with E-state index in [9.17, 15) is 19.8 Å². The minimum atomic E-state index is -1.89. The van der Waals surface area contributed by atoms with E-state index in [1.807, 2.05) is 0 Å². The Hall–Kier alpha value is -1.34. The lowest BCUT2D eigenvalue weighted by Crippen LogP contribution is -2.57. The Morgan fingerprint density at radius 1 is 1.33 bits per heavy atom. The molecule has 104 valence electrons. The highest BCUT2D eigenvalue weighted by atomic mass is 16.6. The maximum atomic E-state index is 11.9. The molecule has 1 amide bonds. The summed E-state index contributed by atoms with van der Waals surface area (Å²) in [7, 11) is 0. The first kappa shape index (κ1) is 14.7. The average Bonchev–Trinajstić information content (AvgIpc) is 2.41. The van der Waals surface area contributed by atoms with E-state index in [1.54, 1.807) is 20.8 Å². The molecule has 0 aliphatic carbocycles. The maximum Gasteiger partial charge on any atom is 0.411 e. The molecule has 3 atom stereocenters. The van der Waals surface area contributed by atoms with Gasteiger partial charge in [-0.2, -0.15) is 0 Å². The molecule has 1 rings (SSSR count). The van der Waals surface area contributed by atoms with Crippen molar-refractivity contribution < 1.29 is 29.6 Å². The predicted octanol–water partition coefficient (Wildman–Crippen LogP) is -0.198. The Morgan fingerprint density at radius 2 is 1.83 bits per heavy atom. The Bertz CT molecular complexity index is 363. The fraction of sp³-hybridized carbons (Fsp3) is 0.818. The third-order valence-corrected chi connectivity index (χ3v) is 2.92. The zero-order chi connectivity index (χ0) is 14.3. The first-order valence-electron chi connectivity index (χ1n) is 5.60. The van der Waals surface area contributed by atoms with Crippen LogP contribution in [0.1, 0.15) is 27.7 Å². The molecule has 0 aromatic rings. The summed E-state index contributed by atoms with van der Waals surface area (Å²) in [5.41, 5.74) is -2.67. The van der Waals surface area contributed by atoms with Crippen LogP contribution in [-0.4, -0.2) is 62.2 Å². The summed E-state index contributed by atoms with van der Waals surface area (Å²) < 4.78 is 5.07. The number of rotatable bonds is 1. The van der Waals surface area contributed by atoms with Gasteiger partial charge in [0, 0.05) is 0 Å². The lowest BCUT2D eigenvalue weighted by molar-refractivity contribution is -0.154. The molecular weight excluding hydrogens is 242 g/mol. The summed E-state index contributed by atoms with van der Waals surface area (Å²) in [5.74, 6) is -1.39. The van der Waals surface area contributed by atoms with Crippen LogP contribution < -0.4 is 0 Å². The fourth-order valence-electron chi connectivity index (χ4n) is 1.83. The van der Waals surface area contributed by atoms with Crippen molar-refractivity contribution in [1.82, 2.24) is 4.90 Å². The Balaban J connectivity index is 3.01. The first-order chi connectivity index (χ1) is 8.00. The van der Waals surface area contributed by atoms with Gasteiger partial charge in [0.25, 0.3) is 0 Å². The second kappa shape index (κ2) is 4.40. The highest BCUT2D eigenvalue weighted by Gasteiger charge is 2.58. The molecule has 0 aromatic carbocycles. The lowest BCUT2D eigenvalue weighted by atomic mass is 9.95. The Labute approximate surface area is 105 Å². The largest absolute Gasteiger partial charge is 0.479 e. The van der Waals surface area contributed by atoms with Crippen molar-refractivity contribution in [2.24, 2.45) is 0 Å². The van der Waals surface area contributed by atoms with Gasteiger partial charge in [-0.25, -0.2) is 9.59 Å². The van der Waals surface area contributed by atoms with Crippen molar-refractivity contribution in [3.05, 3.63) is 0 Å². The van der Waals surface area contributed by atoms with Crippen molar-refractivity contribution in [1.29, 1.82) is 0 Å². The van der Waals surface area contributed by atoms with Gasteiger partial charge in [0.05, 0.1) is 6.54 Å². The van der Waals surface area contributed by atoms with Gasteiger partial charge in [-0.15, -0.1) is 0 Å². The van der Waals surface area contributed by atoms with Crippen LogP contribution in [0.15, 0.2) is 0 Å². The van der Waals surface area contributed by atoms with E-state index >= 15 is 0 Å². The quantitative estimate of drug-likeness (QED) is 0.603. The number of carbonyl (C=O) groups is 2. The van der Waals surface area contributed by atoms with Gasteiger partial charge in [0.2, 0.25) is 0 Å². The summed E-state index contributed by atoms with van der Waals surface area (Å²) in [6, 6.07) is 0. The van der Waals surface area contributed by atoms with Crippen molar-refractivity contribution in [3.63, 3.8) is 0 Å². The molecule has 0 saturated carbocycles. The second-order valence-electron chi connectivity index (χ2n) is 5.56. The molecule has 1 saturated heterocycles. The van der Waals surface area contributed by atoms with Gasteiger partial charge in [-0.1, -0.05) is 0 Å². The molecule has 1 aliphatic heterocycles. The van der Waals surface area contributed by atoms with E-state index < -0.39 is 35.4 Å². The number of hydrogen-bond donors (Lipinski definition) is 3. The Kier molecular flexibility index (Phi) is 3.60. The van der Waals surface area contributed by atoms with E-state index in [0.29, 0.717) is 0 Å². The van der Waals surface area contributed by atoms with Crippen LogP contribution in [0.4, 0.5) is 4.79 Å². The minimum absolute atomic E-state index is 0.279. The number of likely N-dealkylation sites (tertiary alicyclic amines) is 1. The smallest absolute Gasteiger partial charge is 0.411 e. The molecule has 1 heterocycles. The fourth-order valence-corrected chi connectivity index (χ4v) is 1.83. The van der Waals surface area contributed by atoms with Crippen LogP contribution in [-0.2, 0) is 9.53 Å². The van der Waals surface area contributed by atoms with Crippen LogP contribution in [0.2, 0.25) is 0 Å². The summed E-state index contributed by atoms with van der Waals surface area (Å²) in [6.45, 7) is 5.84. The van der Waals surface area contributed by atoms with Crippen molar-refractivity contribution in [2.75, 3.05) is 6.54 Å². The van der Waals surface area contributed by atoms with E-state index in [2.05, 4.69) is 0 Å². The van der Waals surface area contributed by atoms with Crippen molar-refractivity contribution in [3.8, 4) is 0 Å². The Morgan fingerprint density at radius 3 is 2.22 bits per heavy atom.